The van der Waals surface area contributed by atoms with Crippen molar-refractivity contribution in [2.45, 2.75) is 50.3 Å². The third-order valence-electron chi connectivity index (χ3n) is 6.48. The van der Waals surface area contributed by atoms with Crippen molar-refractivity contribution >= 4 is 37.5 Å². The van der Waals surface area contributed by atoms with Gasteiger partial charge in [0.05, 0.1) is 10.6 Å². The Morgan fingerprint density at radius 2 is 1.83 bits per heavy atom. The zero-order valence-corrected chi connectivity index (χ0v) is 21.2. The Morgan fingerprint density at radius 1 is 1.11 bits per heavy atom. The molecule has 3 N–H and O–H groups in total. The number of hydrogen-bond acceptors (Lipinski definition) is 5. The average Bonchev–Trinajstić information content (AvgIpc) is 3.57. The summed E-state index contributed by atoms with van der Waals surface area (Å²) in [5, 5.41) is 9.33. The third kappa shape index (κ3) is 4.63. The Balaban J connectivity index is 1.44. The Labute approximate surface area is 209 Å². The summed E-state index contributed by atoms with van der Waals surface area (Å²) in [6.07, 6.45) is 9.74. The minimum Gasteiger partial charge on any atom is -0.351 e. The molecule has 35 heavy (non-hydrogen) atoms. The van der Waals surface area contributed by atoms with Crippen LogP contribution in [-0.2, 0) is 35.7 Å². The number of nitrogens with one attached hydrogen (secondary N) is 1. The number of benzene rings is 1. The van der Waals surface area contributed by atoms with Gasteiger partial charge in [-0.25, -0.2) is 18.5 Å². The van der Waals surface area contributed by atoms with E-state index < -0.39 is 10.0 Å². The summed E-state index contributed by atoms with van der Waals surface area (Å²) in [5.74, 6) is -0.123. The van der Waals surface area contributed by atoms with Gasteiger partial charge >= 0.3 is 0 Å². The number of rotatable bonds is 8. The molecule has 1 aliphatic rings. The fourth-order valence-electron chi connectivity index (χ4n) is 4.86. The van der Waals surface area contributed by atoms with Crippen LogP contribution in [0.5, 0.6) is 0 Å². The predicted octanol–water partition coefficient (Wildman–Crippen LogP) is 4.15. The number of thiophene rings is 1. The van der Waals surface area contributed by atoms with E-state index in [2.05, 4.69) is 12.2 Å². The highest BCUT2D eigenvalue weighted by Gasteiger charge is 2.27. The minimum absolute atomic E-state index is 0.0781. The van der Waals surface area contributed by atoms with E-state index in [0.29, 0.717) is 17.8 Å². The first-order valence-corrected chi connectivity index (χ1v) is 14.2. The molecule has 0 aliphatic heterocycles. The smallest absolute Gasteiger partial charge is 0.263 e. The maximum absolute atomic E-state index is 13.4. The van der Waals surface area contributed by atoms with E-state index in [9.17, 15) is 13.2 Å². The first-order chi connectivity index (χ1) is 16.9. The molecule has 0 saturated carbocycles. The van der Waals surface area contributed by atoms with E-state index in [4.69, 9.17) is 10.1 Å². The highest BCUT2D eigenvalue weighted by Crippen LogP contribution is 2.41. The van der Waals surface area contributed by atoms with Crippen LogP contribution in [-0.4, -0.2) is 30.4 Å². The molecule has 0 saturated heterocycles. The van der Waals surface area contributed by atoms with Crippen molar-refractivity contribution in [2.75, 3.05) is 6.54 Å². The number of primary sulfonamides is 1. The minimum atomic E-state index is -3.72. The number of pyridine rings is 1. The summed E-state index contributed by atoms with van der Waals surface area (Å²) in [5.41, 5.74) is 5.75. The molecule has 7 nitrogen and oxygen atoms in total. The van der Waals surface area contributed by atoms with Gasteiger partial charge in [0.15, 0.2) is 0 Å². The molecule has 0 bridgehead atoms. The lowest BCUT2D eigenvalue weighted by Crippen LogP contribution is -2.25. The van der Waals surface area contributed by atoms with Gasteiger partial charge in [-0.15, -0.1) is 11.3 Å². The van der Waals surface area contributed by atoms with E-state index in [1.165, 1.54) is 40.3 Å². The van der Waals surface area contributed by atoms with Gasteiger partial charge in [0.2, 0.25) is 10.0 Å². The van der Waals surface area contributed by atoms with E-state index in [0.717, 1.165) is 53.6 Å². The molecular weight excluding hydrogens is 480 g/mol. The second kappa shape index (κ2) is 9.56. The van der Waals surface area contributed by atoms with E-state index in [-0.39, 0.29) is 10.8 Å². The molecule has 1 aromatic carbocycles. The van der Waals surface area contributed by atoms with Crippen LogP contribution >= 0.6 is 11.3 Å². The summed E-state index contributed by atoms with van der Waals surface area (Å²) in [4.78, 5) is 20.1. The Bertz CT molecular complexity index is 1490. The SMILES string of the molecule is CCCc1nc2sc(C(=O)NCCc3ccc(S(N)(=O)=O)cc3)c(-n3cccc3)c2c2c1CCC2. The average molecular weight is 509 g/mol. The van der Waals surface area contributed by atoms with Crippen molar-refractivity contribution in [1.82, 2.24) is 14.9 Å². The van der Waals surface area contributed by atoms with Crippen molar-refractivity contribution in [3.8, 4) is 5.69 Å². The van der Waals surface area contributed by atoms with Crippen LogP contribution in [0.25, 0.3) is 15.9 Å². The first-order valence-electron chi connectivity index (χ1n) is 11.9. The largest absolute Gasteiger partial charge is 0.351 e. The zero-order valence-electron chi connectivity index (χ0n) is 19.6. The molecule has 5 rings (SSSR count). The maximum atomic E-state index is 13.4. The summed E-state index contributed by atoms with van der Waals surface area (Å²) >= 11 is 1.46. The zero-order chi connectivity index (χ0) is 24.6. The van der Waals surface area contributed by atoms with Gasteiger partial charge in [0.25, 0.3) is 5.91 Å². The van der Waals surface area contributed by atoms with Crippen LogP contribution in [0, 0.1) is 0 Å². The molecule has 0 unspecified atom stereocenters. The van der Waals surface area contributed by atoms with Crippen LogP contribution in [0.1, 0.15) is 51.8 Å². The van der Waals surface area contributed by atoms with Crippen molar-refractivity contribution in [3.63, 3.8) is 0 Å². The molecular formula is C26H28N4O3S2. The number of nitrogens with two attached hydrogens (primary N) is 1. The summed E-state index contributed by atoms with van der Waals surface area (Å²) in [7, 11) is -3.72. The molecule has 0 fully saturated rings. The lowest BCUT2D eigenvalue weighted by Gasteiger charge is -2.11. The lowest BCUT2D eigenvalue weighted by molar-refractivity contribution is 0.0958. The van der Waals surface area contributed by atoms with Gasteiger partial charge in [0, 0.05) is 30.0 Å². The molecule has 9 heteroatoms. The van der Waals surface area contributed by atoms with E-state index in [1.807, 2.05) is 29.1 Å². The maximum Gasteiger partial charge on any atom is 0.263 e. The molecule has 3 heterocycles. The number of aryl methyl sites for hydroxylation is 2. The predicted molar refractivity (Wildman–Crippen MR) is 139 cm³/mol. The second-order valence-corrected chi connectivity index (χ2v) is 11.4. The molecule has 182 valence electrons. The Morgan fingerprint density at radius 3 is 2.51 bits per heavy atom. The molecule has 0 radical (unpaired) electrons. The number of carbonyl (C=O) groups is 1. The van der Waals surface area contributed by atoms with Gasteiger partial charge in [-0.05, 0) is 73.1 Å². The van der Waals surface area contributed by atoms with Crippen molar-refractivity contribution in [2.24, 2.45) is 5.14 Å². The number of nitrogens with zero attached hydrogens (tertiary/aromatic N) is 2. The number of amides is 1. The number of hydrogen-bond donors (Lipinski definition) is 2. The van der Waals surface area contributed by atoms with Gasteiger partial charge in [0.1, 0.15) is 9.71 Å². The number of sulfonamides is 1. The standard InChI is InChI=1S/C26H28N4O3S2/c1-2-6-21-19-7-5-8-20(19)22-23(30-15-3-4-16-30)24(34-26(22)29-21)25(31)28-14-13-17-9-11-18(12-10-17)35(27,32)33/h3-4,9-12,15-16H,2,5-8,13-14H2,1H3,(H,28,31)(H2,27,32,33). The van der Waals surface area contributed by atoms with Gasteiger partial charge in [-0.3, -0.25) is 4.79 Å². The van der Waals surface area contributed by atoms with E-state index >= 15 is 0 Å². The Hall–Kier alpha value is -3.01. The summed E-state index contributed by atoms with van der Waals surface area (Å²) < 4.78 is 24.9. The monoisotopic (exact) mass is 508 g/mol. The van der Waals surface area contributed by atoms with Gasteiger partial charge in [-0.1, -0.05) is 25.5 Å². The molecule has 1 amide bonds. The third-order valence-corrected chi connectivity index (χ3v) is 8.48. The fraction of sp³-hybridized carbons (Fsp3) is 0.308. The first kappa shape index (κ1) is 23.7. The highest BCUT2D eigenvalue weighted by atomic mass is 32.2. The quantitative estimate of drug-likeness (QED) is 0.373. The molecule has 0 spiro atoms. The number of fused-ring (bicyclic) bond motifs is 3. The molecule has 0 atom stereocenters. The van der Waals surface area contributed by atoms with Crippen molar-refractivity contribution in [3.05, 3.63) is 76.1 Å². The van der Waals surface area contributed by atoms with Crippen molar-refractivity contribution < 1.29 is 13.2 Å². The normalized spacial score (nSPS) is 13.3. The summed E-state index contributed by atoms with van der Waals surface area (Å²) in [6.45, 7) is 2.60. The van der Waals surface area contributed by atoms with Crippen LogP contribution in [0.2, 0.25) is 0 Å². The molecule has 4 aromatic rings. The van der Waals surface area contributed by atoms with Gasteiger partial charge < -0.3 is 9.88 Å². The van der Waals surface area contributed by atoms with Gasteiger partial charge in [-0.2, -0.15) is 0 Å². The number of aromatic nitrogens is 2. The van der Waals surface area contributed by atoms with Crippen molar-refractivity contribution in [1.29, 1.82) is 0 Å². The molecule has 1 aliphatic carbocycles. The topological polar surface area (TPSA) is 107 Å². The van der Waals surface area contributed by atoms with Crippen LogP contribution < -0.4 is 10.5 Å². The van der Waals surface area contributed by atoms with Crippen LogP contribution in [0.3, 0.4) is 0 Å². The van der Waals surface area contributed by atoms with Crippen LogP contribution in [0.15, 0.2) is 53.7 Å². The second-order valence-electron chi connectivity index (χ2n) is 8.86. The summed E-state index contributed by atoms with van der Waals surface area (Å²) in [6, 6.07) is 10.4. The Kier molecular flexibility index (Phi) is 6.48. The highest BCUT2D eigenvalue weighted by molar-refractivity contribution is 7.89. The molecule has 3 aromatic heterocycles. The van der Waals surface area contributed by atoms with E-state index in [1.54, 1.807) is 12.1 Å². The lowest BCUT2D eigenvalue weighted by atomic mass is 10.0. The fourth-order valence-corrected chi connectivity index (χ4v) is 6.52. The van der Waals surface area contributed by atoms with Crippen LogP contribution in [0.4, 0.5) is 0 Å². The number of carbonyl (C=O) groups excluding carboxylic acids is 1.